The summed E-state index contributed by atoms with van der Waals surface area (Å²) >= 11 is 1.62. The average Bonchev–Trinajstić information content (AvgIpc) is 3.70. The monoisotopic (exact) mass is 530 g/mol. The first-order valence-corrected chi connectivity index (χ1v) is 13.9. The number of esters is 1. The summed E-state index contributed by atoms with van der Waals surface area (Å²) in [7, 11) is 1.32. The van der Waals surface area contributed by atoms with Gasteiger partial charge in [0.25, 0.3) is 0 Å². The molecule has 3 atom stereocenters. The van der Waals surface area contributed by atoms with E-state index < -0.39 is 17.1 Å². The quantitative estimate of drug-likeness (QED) is 0.290. The first-order valence-electron chi connectivity index (χ1n) is 13.0. The molecule has 0 saturated carbocycles. The molecule has 0 bridgehead atoms. The lowest BCUT2D eigenvalue weighted by atomic mass is 9.63. The normalized spacial score (nSPS) is 24.6. The van der Waals surface area contributed by atoms with Crippen molar-refractivity contribution in [2.75, 3.05) is 13.7 Å². The van der Waals surface area contributed by atoms with Gasteiger partial charge in [0.15, 0.2) is 6.19 Å². The van der Waals surface area contributed by atoms with Gasteiger partial charge >= 0.3 is 5.97 Å². The molecule has 3 aromatic heterocycles. The number of hydrogen-bond donors (Lipinski definition) is 1. The Morgan fingerprint density at radius 2 is 2.16 bits per heavy atom. The smallest absolute Gasteiger partial charge is 0.359 e. The SMILES string of the molecule is CC[C@@]12CCCN(C#N)[C@@H]1c1c(CCn3cc(-c4cccs4)nn3)c3ccccc3n1[C@@](O)(C(=O)OC)C2. The molecule has 0 amide bonds. The minimum atomic E-state index is -1.87. The number of aliphatic hydroxyl groups is 1. The molecule has 4 aromatic rings. The Morgan fingerprint density at radius 1 is 1.32 bits per heavy atom. The molecule has 10 heteroatoms. The summed E-state index contributed by atoms with van der Waals surface area (Å²) in [6.45, 7) is 3.30. The maximum atomic E-state index is 13.3. The lowest BCUT2D eigenvalue weighted by Gasteiger charge is -2.55. The molecule has 196 valence electrons. The standard InChI is InChI=1S/C28H30N6O3S/c1-3-27-12-7-13-32(18-29)25(27)24-20(11-14-33-16-21(30-31-33)23-10-6-15-38-23)19-8-4-5-9-22(19)34(24)28(36,17-27)26(35)37-2/h4-6,8-10,15-16,25,36H,3,7,11-14,17H2,1-2H3/t25-,27+,28+/m1/s1. The van der Waals surface area contributed by atoms with Gasteiger partial charge in [-0.25, -0.2) is 4.79 Å². The first-order chi connectivity index (χ1) is 18.5. The van der Waals surface area contributed by atoms with E-state index in [0.717, 1.165) is 52.0 Å². The van der Waals surface area contributed by atoms with Crippen LogP contribution in [0.25, 0.3) is 21.5 Å². The zero-order valence-electron chi connectivity index (χ0n) is 21.5. The number of methoxy groups -OCH3 is 1. The molecule has 38 heavy (non-hydrogen) atoms. The van der Waals surface area contributed by atoms with Gasteiger partial charge in [-0.1, -0.05) is 36.4 Å². The number of thiophene rings is 1. The largest absolute Gasteiger partial charge is 0.465 e. The van der Waals surface area contributed by atoms with E-state index in [0.29, 0.717) is 19.5 Å². The van der Waals surface area contributed by atoms with E-state index >= 15 is 0 Å². The molecule has 9 nitrogen and oxygen atoms in total. The van der Waals surface area contributed by atoms with Crippen LogP contribution in [0.15, 0.2) is 48.0 Å². The van der Waals surface area contributed by atoms with Gasteiger partial charge in [0.2, 0.25) is 5.72 Å². The highest BCUT2D eigenvalue weighted by atomic mass is 32.1. The van der Waals surface area contributed by atoms with Crippen LogP contribution in [-0.4, -0.2) is 49.2 Å². The van der Waals surface area contributed by atoms with Crippen molar-refractivity contribution in [2.24, 2.45) is 5.41 Å². The highest BCUT2D eigenvalue weighted by Gasteiger charge is 2.59. The third-order valence-electron chi connectivity index (χ3n) is 8.46. The fraction of sp³-hybridized carbons (Fsp3) is 0.429. The fourth-order valence-electron chi connectivity index (χ4n) is 6.77. The molecule has 2 aliphatic rings. The molecule has 1 saturated heterocycles. The highest BCUT2D eigenvalue weighted by molar-refractivity contribution is 7.13. The number of ether oxygens (including phenoxy) is 1. The van der Waals surface area contributed by atoms with E-state index in [1.807, 2.05) is 57.6 Å². The molecule has 0 radical (unpaired) electrons. The van der Waals surface area contributed by atoms with Crippen LogP contribution in [-0.2, 0) is 28.2 Å². The zero-order valence-corrected chi connectivity index (χ0v) is 22.3. The second-order valence-electron chi connectivity index (χ2n) is 10.3. The number of likely N-dealkylation sites (tertiary alicyclic amines) is 1. The van der Waals surface area contributed by atoms with Crippen molar-refractivity contribution in [3.63, 3.8) is 0 Å². The summed E-state index contributed by atoms with van der Waals surface area (Å²) < 4.78 is 8.78. The zero-order chi connectivity index (χ0) is 26.5. The van der Waals surface area contributed by atoms with Crippen LogP contribution in [0.1, 0.15) is 49.9 Å². The number of para-hydroxylation sites is 1. The molecule has 1 fully saturated rings. The van der Waals surface area contributed by atoms with E-state index in [1.54, 1.807) is 15.9 Å². The maximum Gasteiger partial charge on any atom is 0.359 e. The molecule has 1 aromatic carbocycles. The molecule has 2 aliphatic heterocycles. The van der Waals surface area contributed by atoms with Crippen molar-refractivity contribution in [3.8, 4) is 16.8 Å². The Kier molecular flexibility index (Phi) is 6.00. The van der Waals surface area contributed by atoms with Crippen LogP contribution in [0, 0.1) is 16.9 Å². The van der Waals surface area contributed by atoms with Gasteiger partial charge in [-0.3, -0.25) is 4.68 Å². The fourth-order valence-corrected chi connectivity index (χ4v) is 7.44. The Hall–Kier alpha value is -3.68. The van der Waals surface area contributed by atoms with Crippen LogP contribution < -0.4 is 0 Å². The molecule has 1 N–H and O–H groups in total. The summed E-state index contributed by atoms with van der Waals surface area (Å²) in [4.78, 5) is 16.2. The molecular weight excluding hydrogens is 500 g/mol. The number of fused-ring (bicyclic) bond motifs is 5. The average molecular weight is 531 g/mol. The first kappa shape index (κ1) is 24.6. The van der Waals surface area contributed by atoms with Crippen molar-refractivity contribution >= 4 is 28.2 Å². The molecule has 0 aliphatic carbocycles. The number of nitriles is 1. The summed E-state index contributed by atoms with van der Waals surface area (Å²) in [5, 5.41) is 34.0. The Bertz CT molecular complexity index is 1540. The maximum absolute atomic E-state index is 13.3. The van der Waals surface area contributed by atoms with E-state index in [1.165, 1.54) is 7.11 Å². The van der Waals surface area contributed by atoms with Crippen LogP contribution in [0.4, 0.5) is 0 Å². The number of aromatic nitrogens is 4. The van der Waals surface area contributed by atoms with E-state index in [9.17, 15) is 15.2 Å². The number of piperidine rings is 1. The number of nitrogens with zero attached hydrogens (tertiary/aromatic N) is 6. The number of carbonyl (C=O) groups is 1. The minimum absolute atomic E-state index is 0.199. The summed E-state index contributed by atoms with van der Waals surface area (Å²) in [5.74, 6) is -0.678. The highest BCUT2D eigenvalue weighted by Crippen LogP contribution is 2.59. The van der Waals surface area contributed by atoms with Crippen molar-refractivity contribution < 1.29 is 14.6 Å². The second kappa shape index (κ2) is 9.26. The Labute approximate surface area is 224 Å². The van der Waals surface area contributed by atoms with Crippen molar-refractivity contribution in [2.45, 2.75) is 57.3 Å². The molecule has 6 rings (SSSR count). The third-order valence-corrected chi connectivity index (χ3v) is 9.35. The number of benzene rings is 1. The predicted molar refractivity (Wildman–Crippen MR) is 143 cm³/mol. The molecular formula is C28H30N6O3S. The lowest BCUT2D eigenvalue weighted by Crippen LogP contribution is -2.58. The van der Waals surface area contributed by atoms with Crippen LogP contribution in [0.2, 0.25) is 0 Å². The van der Waals surface area contributed by atoms with E-state index in [2.05, 4.69) is 23.4 Å². The van der Waals surface area contributed by atoms with Crippen LogP contribution in [0.5, 0.6) is 0 Å². The Morgan fingerprint density at radius 3 is 2.89 bits per heavy atom. The number of aryl methyl sites for hydroxylation is 2. The van der Waals surface area contributed by atoms with Gasteiger partial charge in [0, 0.05) is 36.0 Å². The van der Waals surface area contributed by atoms with Gasteiger partial charge in [0.05, 0.1) is 29.7 Å². The van der Waals surface area contributed by atoms with Gasteiger partial charge in [0.1, 0.15) is 5.69 Å². The van der Waals surface area contributed by atoms with Crippen molar-refractivity contribution in [1.29, 1.82) is 5.26 Å². The number of carbonyl (C=O) groups excluding carboxylic acids is 1. The summed E-state index contributed by atoms with van der Waals surface area (Å²) in [6, 6.07) is 11.6. The van der Waals surface area contributed by atoms with Crippen LogP contribution in [0.3, 0.4) is 0 Å². The number of rotatable bonds is 6. The van der Waals surface area contributed by atoms with Gasteiger partial charge in [-0.05, 0) is 48.8 Å². The van der Waals surface area contributed by atoms with Crippen molar-refractivity contribution in [1.82, 2.24) is 24.5 Å². The third kappa shape index (κ3) is 3.56. The van der Waals surface area contributed by atoms with E-state index in [4.69, 9.17) is 4.74 Å². The minimum Gasteiger partial charge on any atom is -0.465 e. The van der Waals surface area contributed by atoms with E-state index in [-0.39, 0.29) is 12.5 Å². The molecule has 0 spiro atoms. The molecule has 5 heterocycles. The number of hydrogen-bond acceptors (Lipinski definition) is 8. The van der Waals surface area contributed by atoms with Crippen molar-refractivity contribution in [3.05, 3.63) is 59.2 Å². The lowest BCUT2D eigenvalue weighted by molar-refractivity contribution is -0.191. The van der Waals surface area contributed by atoms with Gasteiger partial charge in [-0.15, -0.1) is 16.4 Å². The topological polar surface area (TPSA) is 109 Å². The summed E-state index contributed by atoms with van der Waals surface area (Å²) in [5.41, 5.74) is 1.11. The Balaban J connectivity index is 1.53. The predicted octanol–water partition coefficient (Wildman–Crippen LogP) is 4.44. The van der Waals surface area contributed by atoms with Gasteiger partial charge < -0.3 is 19.3 Å². The summed E-state index contributed by atoms with van der Waals surface area (Å²) in [6.07, 6.45) is 7.55. The molecule has 0 unspecified atom stereocenters. The second-order valence-corrected chi connectivity index (χ2v) is 11.3. The van der Waals surface area contributed by atoms with Gasteiger partial charge in [-0.2, -0.15) is 5.26 Å². The van der Waals surface area contributed by atoms with Crippen LogP contribution >= 0.6 is 11.3 Å².